The Balaban J connectivity index is 2.32. The van der Waals surface area contributed by atoms with E-state index in [4.69, 9.17) is 5.73 Å². The molecule has 0 saturated carbocycles. The highest BCUT2D eigenvalue weighted by Gasteiger charge is 2.41. The van der Waals surface area contributed by atoms with Crippen LogP contribution in [0.2, 0.25) is 0 Å². The molecule has 0 aromatic rings. The van der Waals surface area contributed by atoms with Crippen molar-refractivity contribution >= 4 is 0 Å². The summed E-state index contributed by atoms with van der Waals surface area (Å²) >= 11 is 0. The largest absolute Gasteiger partial charge is 0.373 e. The lowest BCUT2D eigenvalue weighted by atomic mass is 10.0. The van der Waals surface area contributed by atoms with Crippen molar-refractivity contribution < 1.29 is 22.3 Å². The van der Waals surface area contributed by atoms with E-state index in [1.807, 2.05) is 6.08 Å². The molecule has 1 unspecified atom stereocenters. The summed E-state index contributed by atoms with van der Waals surface area (Å²) in [5, 5.41) is 0. The van der Waals surface area contributed by atoms with Crippen LogP contribution in [0.15, 0.2) is 11.6 Å². The van der Waals surface area contributed by atoms with Gasteiger partial charge in [0, 0.05) is 6.04 Å². The number of ether oxygens (including phenoxy) is 1. The molecule has 6 heteroatoms. The zero-order valence-electron chi connectivity index (χ0n) is 10.2. The average molecular weight is 269 g/mol. The molecule has 0 aliphatic heterocycles. The van der Waals surface area contributed by atoms with Gasteiger partial charge in [-0.2, -0.15) is 8.78 Å². The van der Waals surface area contributed by atoms with Crippen LogP contribution in [0.25, 0.3) is 0 Å². The summed E-state index contributed by atoms with van der Waals surface area (Å²) in [4.78, 5) is 0. The van der Waals surface area contributed by atoms with Crippen molar-refractivity contribution in [3.63, 3.8) is 0 Å². The van der Waals surface area contributed by atoms with Gasteiger partial charge in [0.1, 0.15) is 6.61 Å². The summed E-state index contributed by atoms with van der Waals surface area (Å²) in [7, 11) is 0. The van der Waals surface area contributed by atoms with Gasteiger partial charge in [-0.05, 0) is 25.7 Å². The summed E-state index contributed by atoms with van der Waals surface area (Å²) in [5.74, 6) is -4.10. The Hall–Kier alpha value is -0.620. The Morgan fingerprint density at radius 3 is 2.67 bits per heavy atom. The molecule has 0 amide bonds. The number of hydrogen-bond acceptors (Lipinski definition) is 2. The summed E-state index contributed by atoms with van der Waals surface area (Å²) in [6.07, 6.45) is 3.30. The van der Waals surface area contributed by atoms with Crippen LogP contribution in [-0.2, 0) is 4.74 Å². The van der Waals surface area contributed by atoms with Gasteiger partial charge in [0.15, 0.2) is 0 Å². The topological polar surface area (TPSA) is 35.2 Å². The minimum absolute atomic E-state index is 0.145. The standard InChI is InChI=1S/C12H19F4NO/c13-11(14)12(15,16)8-18-7-10(17)9-5-3-1-2-4-6-9/h5,10-11H,1-4,6-8,17H2. The van der Waals surface area contributed by atoms with Crippen molar-refractivity contribution in [2.75, 3.05) is 13.2 Å². The Kier molecular flexibility index (Phi) is 6.08. The molecule has 0 spiro atoms. The fraction of sp³-hybridized carbons (Fsp3) is 0.833. The van der Waals surface area contributed by atoms with Crippen molar-refractivity contribution in [1.82, 2.24) is 0 Å². The van der Waals surface area contributed by atoms with Gasteiger partial charge in [-0.1, -0.05) is 18.1 Å². The number of rotatable bonds is 6. The molecule has 2 nitrogen and oxygen atoms in total. The minimum atomic E-state index is -4.10. The number of hydrogen-bond donors (Lipinski definition) is 1. The second-order valence-electron chi connectivity index (χ2n) is 4.56. The molecule has 0 saturated heterocycles. The van der Waals surface area contributed by atoms with E-state index in [0.717, 1.165) is 37.7 Å². The van der Waals surface area contributed by atoms with Gasteiger partial charge in [0.2, 0.25) is 0 Å². The molecule has 106 valence electrons. The maximum atomic E-state index is 12.6. The van der Waals surface area contributed by atoms with E-state index >= 15 is 0 Å². The van der Waals surface area contributed by atoms with Crippen LogP contribution in [0.5, 0.6) is 0 Å². The lowest BCUT2D eigenvalue weighted by Gasteiger charge is -2.19. The van der Waals surface area contributed by atoms with Crippen LogP contribution in [0.4, 0.5) is 17.6 Å². The first-order chi connectivity index (χ1) is 8.43. The smallest absolute Gasteiger partial charge is 0.330 e. The van der Waals surface area contributed by atoms with Gasteiger partial charge >= 0.3 is 12.3 Å². The second kappa shape index (κ2) is 7.09. The first kappa shape index (κ1) is 15.4. The van der Waals surface area contributed by atoms with Crippen molar-refractivity contribution in [2.24, 2.45) is 5.73 Å². The molecule has 1 aliphatic rings. The highest BCUT2D eigenvalue weighted by atomic mass is 19.3. The van der Waals surface area contributed by atoms with E-state index in [1.165, 1.54) is 0 Å². The lowest BCUT2D eigenvalue weighted by Crippen LogP contribution is -2.36. The van der Waals surface area contributed by atoms with Crippen LogP contribution in [0.3, 0.4) is 0 Å². The van der Waals surface area contributed by atoms with Gasteiger partial charge in [-0.15, -0.1) is 0 Å². The number of nitrogens with two attached hydrogens (primary N) is 1. The van der Waals surface area contributed by atoms with E-state index < -0.39 is 25.0 Å². The van der Waals surface area contributed by atoms with Crippen molar-refractivity contribution in [1.29, 1.82) is 0 Å². The van der Waals surface area contributed by atoms with Crippen LogP contribution in [0, 0.1) is 0 Å². The third kappa shape index (κ3) is 4.94. The quantitative estimate of drug-likeness (QED) is 0.594. The van der Waals surface area contributed by atoms with E-state index in [0.29, 0.717) is 0 Å². The number of halogens is 4. The minimum Gasteiger partial charge on any atom is -0.373 e. The summed E-state index contributed by atoms with van der Waals surface area (Å²) in [6, 6.07) is -0.475. The van der Waals surface area contributed by atoms with E-state index in [-0.39, 0.29) is 6.61 Å². The number of alkyl halides is 4. The highest BCUT2D eigenvalue weighted by molar-refractivity contribution is 5.11. The molecule has 2 N–H and O–H groups in total. The highest BCUT2D eigenvalue weighted by Crippen LogP contribution is 2.23. The molecular weight excluding hydrogens is 250 g/mol. The fourth-order valence-corrected chi connectivity index (χ4v) is 1.87. The monoisotopic (exact) mass is 269 g/mol. The van der Waals surface area contributed by atoms with Crippen molar-refractivity contribution in [3.8, 4) is 0 Å². The Labute approximate surface area is 104 Å². The summed E-state index contributed by atoms with van der Waals surface area (Å²) < 4.78 is 53.5. The van der Waals surface area contributed by atoms with Gasteiger partial charge < -0.3 is 10.5 Å². The second-order valence-corrected chi connectivity index (χ2v) is 4.56. The Morgan fingerprint density at radius 2 is 2.00 bits per heavy atom. The van der Waals surface area contributed by atoms with Crippen molar-refractivity contribution in [2.45, 2.75) is 50.5 Å². The third-order valence-electron chi connectivity index (χ3n) is 2.96. The van der Waals surface area contributed by atoms with E-state index in [2.05, 4.69) is 4.74 Å². The molecule has 1 rings (SSSR count). The summed E-state index contributed by atoms with van der Waals surface area (Å²) in [5.41, 5.74) is 6.78. The molecule has 1 aliphatic carbocycles. The molecule has 1 atom stereocenters. The van der Waals surface area contributed by atoms with Gasteiger partial charge in [0.25, 0.3) is 0 Å². The van der Waals surface area contributed by atoms with Gasteiger partial charge in [0.05, 0.1) is 6.61 Å². The molecule has 0 aromatic heterocycles. The van der Waals surface area contributed by atoms with Crippen LogP contribution in [0.1, 0.15) is 32.1 Å². The normalized spacial score (nSPS) is 19.6. The molecule has 0 radical (unpaired) electrons. The fourth-order valence-electron chi connectivity index (χ4n) is 1.87. The zero-order valence-corrected chi connectivity index (χ0v) is 10.2. The molecule has 0 fully saturated rings. The Morgan fingerprint density at radius 1 is 1.28 bits per heavy atom. The summed E-state index contributed by atoms with van der Waals surface area (Å²) in [6.45, 7) is -1.43. The van der Waals surface area contributed by atoms with Crippen LogP contribution in [-0.4, -0.2) is 31.6 Å². The third-order valence-corrected chi connectivity index (χ3v) is 2.96. The molecular formula is C12H19F4NO. The van der Waals surface area contributed by atoms with Crippen molar-refractivity contribution in [3.05, 3.63) is 11.6 Å². The van der Waals surface area contributed by atoms with Gasteiger partial charge in [-0.25, -0.2) is 8.78 Å². The number of allylic oxidation sites excluding steroid dienone is 1. The average Bonchev–Trinajstić information content (AvgIpc) is 2.56. The first-order valence-electron chi connectivity index (χ1n) is 6.11. The first-order valence-corrected chi connectivity index (χ1v) is 6.11. The maximum Gasteiger partial charge on any atom is 0.330 e. The zero-order chi connectivity index (χ0) is 13.6. The predicted octanol–water partition coefficient (Wildman–Crippen LogP) is 3.12. The molecule has 18 heavy (non-hydrogen) atoms. The van der Waals surface area contributed by atoms with E-state index in [1.54, 1.807) is 0 Å². The van der Waals surface area contributed by atoms with E-state index in [9.17, 15) is 17.6 Å². The molecule has 0 heterocycles. The Bertz CT molecular complexity index is 281. The van der Waals surface area contributed by atoms with Crippen LogP contribution < -0.4 is 5.73 Å². The lowest BCUT2D eigenvalue weighted by molar-refractivity contribution is -0.166. The predicted molar refractivity (Wildman–Crippen MR) is 60.9 cm³/mol. The molecule has 0 bridgehead atoms. The SMILES string of the molecule is NC(COCC(F)(F)C(F)F)C1=CCCCCC1. The van der Waals surface area contributed by atoms with Gasteiger partial charge in [-0.3, -0.25) is 0 Å². The molecule has 0 aromatic carbocycles. The van der Waals surface area contributed by atoms with Crippen LogP contribution >= 0.6 is 0 Å². The maximum absolute atomic E-state index is 12.6.